The predicted molar refractivity (Wildman–Crippen MR) is 130 cm³/mol. The molecule has 2 aromatic carbocycles. The van der Waals surface area contributed by atoms with Gasteiger partial charge in [0.2, 0.25) is 5.91 Å². The van der Waals surface area contributed by atoms with Crippen molar-refractivity contribution in [2.75, 3.05) is 0 Å². The second-order valence-electron chi connectivity index (χ2n) is 8.46. The average molecular weight is 567 g/mol. The fraction of sp³-hybridized carbons (Fsp3) is 0.417. The summed E-state index contributed by atoms with van der Waals surface area (Å²) in [6.45, 7) is 2.01. The molecule has 2 aliphatic rings. The number of hydrogen-bond donors (Lipinski definition) is 1. The number of nitrogens with zero attached hydrogens (tertiary/aromatic N) is 1. The highest BCUT2D eigenvalue weighted by Crippen LogP contribution is 2.54. The molecule has 31 heavy (non-hydrogen) atoms. The molecule has 7 heteroatoms. The first kappa shape index (κ1) is 22.9. The normalized spacial score (nSPS) is 24.5. The number of rotatable bonds is 5. The third-order valence-corrected chi connectivity index (χ3v) is 9.63. The van der Waals surface area contributed by atoms with Crippen molar-refractivity contribution >= 4 is 55.5 Å². The Hall–Kier alpha value is -1.31. The van der Waals surface area contributed by atoms with E-state index in [-0.39, 0.29) is 18.4 Å². The molecule has 164 valence electrons. The van der Waals surface area contributed by atoms with Gasteiger partial charge in [-0.2, -0.15) is 0 Å². The predicted octanol–water partition coefficient (Wildman–Crippen LogP) is 6.74. The zero-order valence-electron chi connectivity index (χ0n) is 17.3. The van der Waals surface area contributed by atoms with Crippen LogP contribution >= 0.6 is 43.6 Å². The van der Waals surface area contributed by atoms with E-state index in [1.54, 1.807) is 0 Å². The molecule has 0 aromatic heterocycles. The number of amides is 1. The number of carbonyl (C=O) groups is 2. The van der Waals surface area contributed by atoms with E-state index in [1.165, 1.54) is 18.2 Å². The lowest BCUT2D eigenvalue weighted by Gasteiger charge is -2.40. The number of aliphatic carboxylic acids is 1. The van der Waals surface area contributed by atoms with Gasteiger partial charge in [0.1, 0.15) is 0 Å². The molecule has 0 unspecified atom stereocenters. The van der Waals surface area contributed by atoms with Crippen LogP contribution in [0.4, 0.5) is 0 Å². The second-order valence-corrected chi connectivity index (χ2v) is 11.6. The first-order valence-electron chi connectivity index (χ1n) is 10.6. The molecule has 0 radical (unpaired) electrons. The lowest BCUT2D eigenvalue weighted by atomic mass is 9.89. The van der Waals surface area contributed by atoms with E-state index >= 15 is 0 Å². The van der Waals surface area contributed by atoms with Crippen molar-refractivity contribution in [1.29, 1.82) is 0 Å². The summed E-state index contributed by atoms with van der Waals surface area (Å²) in [5.41, 5.74) is 1.97. The molecular weight excluding hydrogens is 542 g/mol. The Morgan fingerprint density at radius 2 is 1.74 bits per heavy atom. The van der Waals surface area contributed by atoms with Gasteiger partial charge in [0, 0.05) is 19.9 Å². The first-order chi connectivity index (χ1) is 14.8. The Bertz CT molecular complexity index is 991. The van der Waals surface area contributed by atoms with Crippen LogP contribution in [0.25, 0.3) is 0 Å². The molecule has 1 amide bonds. The summed E-state index contributed by atoms with van der Waals surface area (Å²) in [7, 11) is 0. The molecule has 4 nitrogen and oxygen atoms in total. The first-order valence-corrected chi connectivity index (χ1v) is 13.0. The minimum absolute atomic E-state index is 0.00424. The number of carbonyl (C=O) groups excluding carboxylic acids is 1. The largest absolute Gasteiger partial charge is 0.480 e. The van der Waals surface area contributed by atoms with Crippen molar-refractivity contribution in [2.24, 2.45) is 0 Å². The van der Waals surface area contributed by atoms with Crippen LogP contribution in [0.5, 0.6) is 0 Å². The number of hydrogen-bond acceptors (Lipinski definition) is 3. The van der Waals surface area contributed by atoms with E-state index in [1.807, 2.05) is 54.3 Å². The summed E-state index contributed by atoms with van der Waals surface area (Å²) in [5, 5.41) is 10.5. The van der Waals surface area contributed by atoms with Gasteiger partial charge in [-0.3, -0.25) is 9.59 Å². The van der Waals surface area contributed by atoms with Gasteiger partial charge < -0.3 is 10.0 Å². The van der Waals surface area contributed by atoms with Gasteiger partial charge in [0.25, 0.3) is 0 Å². The van der Waals surface area contributed by atoms with E-state index in [0.29, 0.717) is 0 Å². The van der Waals surface area contributed by atoms with Crippen LogP contribution in [-0.2, 0) is 9.59 Å². The monoisotopic (exact) mass is 565 g/mol. The Balaban J connectivity index is 1.84. The number of carboxylic acid groups (broad SMARTS) is 1. The Morgan fingerprint density at radius 3 is 2.35 bits per heavy atom. The number of carboxylic acids is 1. The standard InChI is InChI=1S/C24H25Br2NO3S/c1-15-7-10-18(11-8-15)31-24(23(29)30)14-21(28)27(17-5-3-2-4-6-17)22(24)16-9-12-19(25)20(26)13-16/h7-13,17,22H,2-6,14H2,1H3,(H,29,30)/t22-,24-/m1/s1. The Labute approximate surface area is 204 Å². The molecule has 2 fully saturated rings. The minimum Gasteiger partial charge on any atom is -0.480 e. The molecular formula is C24H25Br2NO3S. The molecule has 1 heterocycles. The van der Waals surface area contributed by atoms with Gasteiger partial charge >= 0.3 is 5.97 Å². The van der Waals surface area contributed by atoms with Gasteiger partial charge in [-0.1, -0.05) is 43.0 Å². The lowest BCUT2D eigenvalue weighted by Crippen LogP contribution is -2.45. The number of halogens is 2. The Kier molecular flexibility index (Phi) is 6.85. The Morgan fingerprint density at radius 1 is 1.06 bits per heavy atom. The molecule has 1 aliphatic carbocycles. The topological polar surface area (TPSA) is 57.6 Å². The summed E-state index contributed by atoms with van der Waals surface area (Å²) in [6.07, 6.45) is 5.20. The van der Waals surface area contributed by atoms with Crippen LogP contribution in [0, 0.1) is 6.92 Å². The smallest absolute Gasteiger partial charge is 0.323 e. The van der Waals surface area contributed by atoms with Crippen LogP contribution in [-0.4, -0.2) is 32.7 Å². The van der Waals surface area contributed by atoms with Crippen molar-refractivity contribution in [1.82, 2.24) is 4.90 Å². The third-order valence-electron chi connectivity index (χ3n) is 6.33. The van der Waals surface area contributed by atoms with Crippen molar-refractivity contribution < 1.29 is 14.7 Å². The number of likely N-dealkylation sites (tertiary alicyclic amines) is 1. The molecule has 1 saturated carbocycles. The highest BCUT2D eigenvalue weighted by molar-refractivity contribution is 9.13. The van der Waals surface area contributed by atoms with Crippen molar-refractivity contribution in [3.8, 4) is 0 Å². The maximum atomic E-state index is 13.4. The van der Waals surface area contributed by atoms with Crippen molar-refractivity contribution in [2.45, 2.75) is 67.2 Å². The molecule has 1 N–H and O–H groups in total. The van der Waals surface area contributed by atoms with E-state index in [0.717, 1.165) is 50.7 Å². The highest BCUT2D eigenvalue weighted by atomic mass is 79.9. The van der Waals surface area contributed by atoms with E-state index in [9.17, 15) is 14.7 Å². The molecule has 2 aromatic rings. The highest BCUT2D eigenvalue weighted by Gasteiger charge is 2.59. The molecule has 1 saturated heterocycles. The van der Waals surface area contributed by atoms with E-state index in [4.69, 9.17) is 0 Å². The van der Waals surface area contributed by atoms with Gasteiger partial charge in [-0.05, 0) is 81.5 Å². The molecule has 2 atom stereocenters. The van der Waals surface area contributed by atoms with E-state index < -0.39 is 16.8 Å². The van der Waals surface area contributed by atoms with E-state index in [2.05, 4.69) is 31.9 Å². The third kappa shape index (κ3) is 4.46. The van der Waals surface area contributed by atoms with Crippen LogP contribution in [0.1, 0.15) is 55.7 Å². The van der Waals surface area contributed by atoms with Gasteiger partial charge in [0.15, 0.2) is 4.75 Å². The number of aryl methyl sites for hydroxylation is 1. The minimum atomic E-state index is -1.28. The fourth-order valence-electron chi connectivity index (χ4n) is 4.81. The SMILES string of the molecule is Cc1ccc(S[C@]2(C(=O)O)CC(=O)N(C3CCCCC3)[C@@H]2c2ccc(Br)c(Br)c2)cc1. The van der Waals surface area contributed by atoms with Crippen molar-refractivity contribution in [3.05, 3.63) is 62.5 Å². The zero-order chi connectivity index (χ0) is 22.2. The van der Waals surface area contributed by atoms with Crippen molar-refractivity contribution in [3.63, 3.8) is 0 Å². The summed E-state index contributed by atoms with van der Waals surface area (Å²) in [6, 6.07) is 13.3. The zero-order valence-corrected chi connectivity index (χ0v) is 21.3. The van der Waals surface area contributed by atoms with Gasteiger partial charge in [-0.15, -0.1) is 11.8 Å². The van der Waals surface area contributed by atoms with Crippen LogP contribution < -0.4 is 0 Å². The molecule has 4 rings (SSSR count). The average Bonchev–Trinajstić information content (AvgIpc) is 3.05. The van der Waals surface area contributed by atoms with Crippen LogP contribution in [0.2, 0.25) is 0 Å². The van der Waals surface area contributed by atoms with Gasteiger partial charge in [-0.25, -0.2) is 0 Å². The van der Waals surface area contributed by atoms with Crippen LogP contribution in [0.3, 0.4) is 0 Å². The molecule has 1 aliphatic heterocycles. The molecule has 0 bridgehead atoms. The summed E-state index contributed by atoms with van der Waals surface area (Å²) < 4.78 is 0.473. The quantitative estimate of drug-likeness (QED) is 0.435. The summed E-state index contributed by atoms with van der Waals surface area (Å²) >= 11 is 8.39. The fourth-order valence-corrected chi connectivity index (χ4v) is 6.79. The second kappa shape index (κ2) is 9.28. The van der Waals surface area contributed by atoms with Gasteiger partial charge in [0.05, 0.1) is 12.5 Å². The maximum Gasteiger partial charge on any atom is 0.323 e. The van der Waals surface area contributed by atoms with Crippen LogP contribution in [0.15, 0.2) is 56.3 Å². The summed E-state index contributed by atoms with van der Waals surface area (Å²) in [5.74, 6) is -0.994. The molecule has 0 spiro atoms. The lowest BCUT2D eigenvalue weighted by molar-refractivity contribution is -0.140. The summed E-state index contributed by atoms with van der Waals surface area (Å²) in [4.78, 5) is 29.1. The number of thioether (sulfide) groups is 1. The number of benzene rings is 2. The maximum absolute atomic E-state index is 13.4.